The number of rotatable bonds is 5. The van der Waals surface area contributed by atoms with Gasteiger partial charge in [-0.15, -0.1) is 0 Å². The van der Waals surface area contributed by atoms with Crippen molar-refractivity contribution in [3.8, 4) is 0 Å². The molecular formula is C17H16BrNO4. The number of nitrogens with zero attached hydrogens (tertiary/aromatic N) is 1. The lowest BCUT2D eigenvalue weighted by atomic mass is 10.1. The summed E-state index contributed by atoms with van der Waals surface area (Å²) < 4.78 is 7.59. The minimum absolute atomic E-state index is 0.140. The SMILES string of the molecule is CC(=O)c1cc(C(=O)O[C@@H](C)C(=O)c2ccc(Br)cc2)n(C)c1. The number of hydrogen-bond donors (Lipinski definition) is 0. The number of carbonyl (C=O) groups is 3. The van der Waals surface area contributed by atoms with Crippen LogP contribution in [0.1, 0.15) is 45.1 Å². The van der Waals surface area contributed by atoms with Gasteiger partial charge in [-0.1, -0.05) is 28.1 Å². The predicted octanol–water partition coefficient (Wildman–Crippen LogP) is 3.42. The third kappa shape index (κ3) is 3.96. The first-order chi connectivity index (χ1) is 10.8. The molecule has 120 valence electrons. The van der Waals surface area contributed by atoms with Gasteiger partial charge in [0.25, 0.3) is 0 Å². The molecule has 0 radical (unpaired) electrons. The first kappa shape index (κ1) is 17.1. The Kier molecular flexibility index (Phi) is 5.15. The molecule has 0 bridgehead atoms. The van der Waals surface area contributed by atoms with Crippen molar-refractivity contribution >= 4 is 33.5 Å². The van der Waals surface area contributed by atoms with Crippen molar-refractivity contribution in [2.24, 2.45) is 7.05 Å². The molecule has 0 fully saturated rings. The van der Waals surface area contributed by atoms with Gasteiger partial charge < -0.3 is 9.30 Å². The maximum Gasteiger partial charge on any atom is 0.355 e. The summed E-state index contributed by atoms with van der Waals surface area (Å²) in [6.07, 6.45) is 0.638. The minimum atomic E-state index is -0.917. The molecular weight excluding hydrogens is 362 g/mol. The van der Waals surface area contributed by atoms with Crippen LogP contribution in [0, 0.1) is 0 Å². The molecule has 1 aromatic heterocycles. The van der Waals surface area contributed by atoms with Crippen molar-refractivity contribution < 1.29 is 19.1 Å². The number of aryl methyl sites for hydroxylation is 1. The molecule has 23 heavy (non-hydrogen) atoms. The Hall–Kier alpha value is -2.21. The van der Waals surface area contributed by atoms with Crippen LogP contribution in [0.2, 0.25) is 0 Å². The van der Waals surface area contributed by atoms with E-state index in [9.17, 15) is 14.4 Å². The van der Waals surface area contributed by atoms with Crippen molar-refractivity contribution in [2.75, 3.05) is 0 Å². The average molecular weight is 378 g/mol. The van der Waals surface area contributed by atoms with E-state index in [-0.39, 0.29) is 17.3 Å². The van der Waals surface area contributed by atoms with Crippen LogP contribution >= 0.6 is 15.9 Å². The molecule has 0 aliphatic rings. The van der Waals surface area contributed by atoms with E-state index in [1.807, 2.05) is 0 Å². The summed E-state index contributed by atoms with van der Waals surface area (Å²) >= 11 is 3.30. The molecule has 0 aliphatic carbocycles. The van der Waals surface area contributed by atoms with Crippen LogP contribution < -0.4 is 0 Å². The van der Waals surface area contributed by atoms with Crippen molar-refractivity contribution in [3.63, 3.8) is 0 Å². The van der Waals surface area contributed by atoms with E-state index in [1.54, 1.807) is 37.5 Å². The fourth-order valence-corrected chi connectivity index (χ4v) is 2.35. The second kappa shape index (κ2) is 6.91. The van der Waals surface area contributed by atoms with Gasteiger partial charge in [-0.05, 0) is 32.0 Å². The van der Waals surface area contributed by atoms with Gasteiger partial charge in [0.2, 0.25) is 5.78 Å². The number of Topliss-reactive ketones (excluding diaryl/α,β-unsaturated/α-hetero) is 2. The Morgan fingerprint density at radius 3 is 2.26 bits per heavy atom. The average Bonchev–Trinajstić information content (AvgIpc) is 2.89. The van der Waals surface area contributed by atoms with Crippen molar-refractivity contribution in [1.82, 2.24) is 4.57 Å². The monoisotopic (exact) mass is 377 g/mol. The van der Waals surface area contributed by atoms with Crippen LogP contribution in [-0.2, 0) is 11.8 Å². The highest BCUT2D eigenvalue weighted by molar-refractivity contribution is 9.10. The quantitative estimate of drug-likeness (QED) is 0.591. The van der Waals surface area contributed by atoms with E-state index in [0.717, 1.165) is 4.47 Å². The van der Waals surface area contributed by atoms with Gasteiger partial charge in [-0.3, -0.25) is 9.59 Å². The third-order valence-corrected chi connectivity index (χ3v) is 3.93. The smallest absolute Gasteiger partial charge is 0.355 e. The first-order valence-electron chi connectivity index (χ1n) is 6.97. The lowest BCUT2D eigenvalue weighted by Crippen LogP contribution is -2.25. The molecule has 0 aliphatic heterocycles. The van der Waals surface area contributed by atoms with Gasteiger partial charge in [0.1, 0.15) is 5.69 Å². The largest absolute Gasteiger partial charge is 0.450 e. The lowest BCUT2D eigenvalue weighted by Gasteiger charge is -2.12. The molecule has 1 heterocycles. The number of aromatic nitrogens is 1. The number of ether oxygens (including phenoxy) is 1. The van der Waals surface area contributed by atoms with Gasteiger partial charge in [-0.25, -0.2) is 4.79 Å². The molecule has 0 saturated heterocycles. The van der Waals surface area contributed by atoms with Crippen LogP contribution in [0.3, 0.4) is 0 Å². The minimum Gasteiger partial charge on any atom is -0.450 e. The summed E-state index contributed by atoms with van der Waals surface area (Å²) in [6, 6.07) is 8.28. The number of hydrogen-bond acceptors (Lipinski definition) is 4. The van der Waals surface area contributed by atoms with E-state index in [4.69, 9.17) is 4.74 Å². The van der Waals surface area contributed by atoms with Crippen molar-refractivity contribution in [1.29, 1.82) is 0 Å². The summed E-state index contributed by atoms with van der Waals surface area (Å²) in [6.45, 7) is 2.95. The van der Waals surface area contributed by atoms with Crippen molar-refractivity contribution in [3.05, 3.63) is 57.8 Å². The van der Waals surface area contributed by atoms with Crippen LogP contribution in [-0.4, -0.2) is 28.2 Å². The highest BCUT2D eigenvalue weighted by Gasteiger charge is 2.22. The van der Waals surface area contributed by atoms with Crippen LogP contribution in [0.4, 0.5) is 0 Å². The number of benzene rings is 1. The molecule has 0 saturated carbocycles. The Morgan fingerprint density at radius 1 is 1.13 bits per heavy atom. The number of ketones is 2. The van der Waals surface area contributed by atoms with E-state index in [1.165, 1.54) is 24.5 Å². The highest BCUT2D eigenvalue weighted by Crippen LogP contribution is 2.15. The number of esters is 1. The van der Waals surface area contributed by atoms with Gasteiger partial charge >= 0.3 is 5.97 Å². The molecule has 0 spiro atoms. The fourth-order valence-electron chi connectivity index (χ4n) is 2.08. The van der Waals surface area contributed by atoms with Crippen LogP contribution in [0.25, 0.3) is 0 Å². The standard InChI is InChI=1S/C17H16BrNO4/c1-10(20)13-8-15(19(3)9-13)17(22)23-11(2)16(21)12-4-6-14(18)7-5-12/h4-9,11H,1-3H3/t11-/m0/s1. The molecule has 1 aromatic carbocycles. The predicted molar refractivity (Wildman–Crippen MR) is 88.8 cm³/mol. The Balaban J connectivity index is 2.11. The van der Waals surface area contributed by atoms with Gasteiger partial charge in [0.05, 0.1) is 0 Å². The van der Waals surface area contributed by atoms with E-state index >= 15 is 0 Å². The fraction of sp³-hybridized carbons (Fsp3) is 0.235. The topological polar surface area (TPSA) is 65.4 Å². The summed E-state index contributed by atoms with van der Waals surface area (Å²) in [7, 11) is 1.64. The molecule has 1 atom stereocenters. The van der Waals surface area contributed by atoms with Crippen molar-refractivity contribution in [2.45, 2.75) is 20.0 Å². The third-order valence-electron chi connectivity index (χ3n) is 3.40. The highest BCUT2D eigenvalue weighted by atomic mass is 79.9. The van der Waals surface area contributed by atoms with E-state index in [0.29, 0.717) is 11.1 Å². The molecule has 6 heteroatoms. The van der Waals surface area contributed by atoms with Crippen LogP contribution in [0.5, 0.6) is 0 Å². The molecule has 2 rings (SSSR count). The van der Waals surface area contributed by atoms with Gasteiger partial charge in [0, 0.05) is 28.8 Å². The number of halogens is 1. The Labute approximate surface area is 142 Å². The molecule has 0 amide bonds. The summed E-state index contributed by atoms with van der Waals surface area (Å²) in [4.78, 5) is 35.8. The maximum absolute atomic E-state index is 12.3. The summed E-state index contributed by atoms with van der Waals surface area (Å²) in [5.41, 5.74) is 1.11. The molecule has 2 aromatic rings. The lowest BCUT2D eigenvalue weighted by molar-refractivity contribution is 0.0309. The molecule has 0 unspecified atom stereocenters. The first-order valence-corrected chi connectivity index (χ1v) is 7.77. The zero-order valence-electron chi connectivity index (χ0n) is 13.0. The second-order valence-corrected chi connectivity index (χ2v) is 6.12. The maximum atomic E-state index is 12.3. The summed E-state index contributed by atoms with van der Waals surface area (Å²) in [5.74, 6) is -1.07. The van der Waals surface area contributed by atoms with Crippen LogP contribution in [0.15, 0.2) is 41.0 Å². The van der Waals surface area contributed by atoms with Gasteiger partial charge in [-0.2, -0.15) is 0 Å². The normalized spacial score (nSPS) is 11.8. The molecule has 0 N–H and O–H groups in total. The molecule has 5 nitrogen and oxygen atoms in total. The van der Waals surface area contributed by atoms with E-state index < -0.39 is 12.1 Å². The van der Waals surface area contributed by atoms with E-state index in [2.05, 4.69) is 15.9 Å². The second-order valence-electron chi connectivity index (χ2n) is 5.20. The Morgan fingerprint density at radius 2 is 1.74 bits per heavy atom. The number of carbonyl (C=O) groups excluding carboxylic acids is 3. The summed E-state index contributed by atoms with van der Waals surface area (Å²) in [5, 5.41) is 0. The van der Waals surface area contributed by atoms with Gasteiger partial charge in [0.15, 0.2) is 11.9 Å². The zero-order valence-corrected chi connectivity index (χ0v) is 14.6. The Bertz CT molecular complexity index is 761. The zero-order chi connectivity index (χ0) is 17.1.